The molecule has 0 aromatic heterocycles. The van der Waals surface area contributed by atoms with Gasteiger partial charge in [0.25, 0.3) is 0 Å². The molecule has 3 aliphatic carbocycles. The van der Waals surface area contributed by atoms with Crippen LogP contribution in [0.2, 0.25) is 0 Å². The van der Waals surface area contributed by atoms with Crippen LogP contribution in [0.25, 0.3) is 0 Å². The third kappa shape index (κ3) is 1.85. The maximum Gasteiger partial charge on any atom is 0.232 e. The van der Waals surface area contributed by atoms with Gasteiger partial charge in [-0.2, -0.15) is 0 Å². The number of amidine groups is 2. The van der Waals surface area contributed by atoms with Gasteiger partial charge in [-0.15, -0.1) is 0 Å². The summed E-state index contributed by atoms with van der Waals surface area (Å²) in [5, 5.41) is 0. The number of carbonyl (C=O) groups excluding carboxylic acids is 2. The van der Waals surface area contributed by atoms with Crippen LogP contribution in [0, 0.1) is 23.7 Å². The molecule has 6 heteroatoms. The minimum Gasteiger partial charge on any atom is -0.295 e. The van der Waals surface area contributed by atoms with Crippen molar-refractivity contribution in [3.8, 4) is 0 Å². The lowest BCUT2D eigenvalue weighted by Crippen LogP contribution is -2.43. The SMILES string of the molecule is O=C1C2CC3C(=O)N4C(=NC5CCCCC54)C3CC2C2=NC3CCCCC3N12. The minimum absolute atomic E-state index is 0.0189. The van der Waals surface area contributed by atoms with E-state index >= 15 is 0 Å². The van der Waals surface area contributed by atoms with Crippen LogP contribution in [0.15, 0.2) is 9.98 Å². The summed E-state index contributed by atoms with van der Waals surface area (Å²) in [5.74, 6) is 3.10. The average Bonchev–Trinajstić information content (AvgIpc) is 3.42. The first-order valence-electron chi connectivity index (χ1n) is 11.5. The van der Waals surface area contributed by atoms with E-state index in [-0.39, 0.29) is 35.5 Å². The van der Waals surface area contributed by atoms with Gasteiger partial charge in [0, 0.05) is 23.7 Å². The Labute approximate surface area is 165 Å². The van der Waals surface area contributed by atoms with Gasteiger partial charge in [0.15, 0.2) is 0 Å². The lowest BCUT2D eigenvalue weighted by molar-refractivity contribution is -0.136. The van der Waals surface area contributed by atoms with Crippen LogP contribution >= 0.6 is 0 Å². The van der Waals surface area contributed by atoms with Crippen molar-refractivity contribution < 1.29 is 9.59 Å². The highest BCUT2D eigenvalue weighted by atomic mass is 16.2. The Kier molecular flexibility index (Phi) is 3.14. The fraction of sp³-hybridized carbons (Fsp3) is 0.818. The second-order valence-electron chi connectivity index (χ2n) is 10.1. The number of aliphatic imine (C=N–C) groups is 2. The smallest absolute Gasteiger partial charge is 0.232 e. The molecule has 4 heterocycles. The number of rotatable bonds is 0. The normalized spacial score (nSPS) is 48.4. The standard InChI is InChI=1S/C22H28N4O2/c27-21-13-10-14-12(20-24-16-6-2-4-8-18(16)26(20)22(14)28)9-11(13)19-23-15-5-1-3-7-17(15)25(19)21/h11-18H,1-10H2. The molecule has 6 nitrogen and oxygen atoms in total. The summed E-state index contributed by atoms with van der Waals surface area (Å²) in [6.07, 6.45) is 11.0. The van der Waals surface area contributed by atoms with Crippen molar-refractivity contribution in [1.29, 1.82) is 0 Å². The quantitative estimate of drug-likeness (QED) is 0.648. The van der Waals surface area contributed by atoms with Gasteiger partial charge in [-0.1, -0.05) is 25.7 Å². The number of hydrogen-bond donors (Lipinski definition) is 0. The van der Waals surface area contributed by atoms with E-state index in [9.17, 15) is 9.59 Å². The molecule has 0 N–H and O–H groups in total. The molecule has 3 saturated carbocycles. The Morgan fingerprint density at radius 3 is 1.54 bits per heavy atom. The van der Waals surface area contributed by atoms with Gasteiger partial charge in [0.05, 0.1) is 24.2 Å². The second-order valence-corrected chi connectivity index (χ2v) is 10.1. The zero-order valence-corrected chi connectivity index (χ0v) is 16.3. The largest absolute Gasteiger partial charge is 0.295 e. The van der Waals surface area contributed by atoms with Crippen LogP contribution in [0.5, 0.6) is 0 Å². The van der Waals surface area contributed by atoms with Gasteiger partial charge >= 0.3 is 0 Å². The number of fused-ring (bicyclic) bond motifs is 10. The summed E-state index contributed by atoms with van der Waals surface area (Å²) in [6, 6.07) is 1.28. The summed E-state index contributed by atoms with van der Waals surface area (Å²) in [4.78, 5) is 41.0. The molecule has 5 fully saturated rings. The number of hydrogen-bond acceptors (Lipinski definition) is 4. The first-order chi connectivity index (χ1) is 13.7. The Morgan fingerprint density at radius 1 is 0.607 bits per heavy atom. The fourth-order valence-electron chi connectivity index (χ4n) is 7.67. The van der Waals surface area contributed by atoms with Crippen LogP contribution in [-0.4, -0.2) is 57.5 Å². The van der Waals surface area contributed by atoms with Crippen LogP contribution in [0.3, 0.4) is 0 Å². The Balaban J connectivity index is 1.23. The average molecular weight is 380 g/mol. The highest BCUT2D eigenvalue weighted by Crippen LogP contribution is 2.53. The topological polar surface area (TPSA) is 65.3 Å². The Morgan fingerprint density at radius 2 is 1.04 bits per heavy atom. The molecular weight excluding hydrogens is 352 g/mol. The highest BCUT2D eigenvalue weighted by Gasteiger charge is 2.62. The third-order valence-electron chi connectivity index (χ3n) is 8.90. The van der Waals surface area contributed by atoms with Crippen LogP contribution in [0.1, 0.15) is 64.2 Å². The number of amides is 2. The maximum absolute atomic E-state index is 13.3. The summed E-state index contributed by atoms with van der Waals surface area (Å²) < 4.78 is 0. The zero-order valence-electron chi connectivity index (χ0n) is 16.3. The van der Waals surface area contributed by atoms with Crippen molar-refractivity contribution in [3.63, 3.8) is 0 Å². The first kappa shape index (κ1) is 16.1. The summed E-state index contributed by atoms with van der Waals surface area (Å²) in [7, 11) is 0. The molecule has 0 spiro atoms. The zero-order chi connectivity index (χ0) is 18.6. The molecule has 7 aliphatic rings. The predicted molar refractivity (Wildman–Crippen MR) is 104 cm³/mol. The van der Waals surface area contributed by atoms with Crippen LogP contribution < -0.4 is 0 Å². The van der Waals surface area contributed by atoms with Crippen molar-refractivity contribution in [2.24, 2.45) is 33.7 Å². The maximum atomic E-state index is 13.3. The lowest BCUT2D eigenvalue weighted by Gasteiger charge is -2.32. The molecule has 8 atom stereocenters. The second kappa shape index (κ2) is 5.45. The van der Waals surface area contributed by atoms with Crippen molar-refractivity contribution in [3.05, 3.63) is 0 Å². The summed E-state index contributed by atoms with van der Waals surface area (Å²) in [5.41, 5.74) is 0. The van der Waals surface area contributed by atoms with Crippen molar-refractivity contribution in [2.75, 3.05) is 0 Å². The van der Waals surface area contributed by atoms with Gasteiger partial charge in [-0.05, 0) is 38.5 Å². The van der Waals surface area contributed by atoms with Gasteiger partial charge in [-0.3, -0.25) is 29.4 Å². The van der Waals surface area contributed by atoms with E-state index in [0.717, 1.165) is 43.8 Å². The van der Waals surface area contributed by atoms with Crippen molar-refractivity contribution in [1.82, 2.24) is 9.80 Å². The molecule has 8 unspecified atom stereocenters. The molecule has 0 aromatic carbocycles. The number of carbonyl (C=O) groups is 2. The molecule has 148 valence electrons. The molecule has 2 saturated heterocycles. The predicted octanol–water partition coefficient (Wildman–Crippen LogP) is 2.38. The Hall–Kier alpha value is -1.72. The molecule has 2 amide bonds. The van der Waals surface area contributed by atoms with E-state index in [4.69, 9.17) is 9.98 Å². The molecule has 0 radical (unpaired) electrons. The molecule has 0 aromatic rings. The van der Waals surface area contributed by atoms with Crippen LogP contribution in [0.4, 0.5) is 0 Å². The molecule has 28 heavy (non-hydrogen) atoms. The minimum atomic E-state index is -0.0189. The molecule has 7 rings (SSSR count). The van der Waals surface area contributed by atoms with Gasteiger partial charge in [-0.25, -0.2) is 0 Å². The van der Waals surface area contributed by atoms with Gasteiger partial charge < -0.3 is 0 Å². The van der Waals surface area contributed by atoms with E-state index < -0.39 is 0 Å². The van der Waals surface area contributed by atoms with E-state index in [1.807, 2.05) is 0 Å². The fourth-order valence-corrected chi connectivity index (χ4v) is 7.67. The summed E-state index contributed by atoms with van der Waals surface area (Å²) >= 11 is 0. The van der Waals surface area contributed by atoms with Crippen molar-refractivity contribution >= 4 is 23.5 Å². The molecular formula is C22H28N4O2. The van der Waals surface area contributed by atoms with E-state index in [1.165, 1.54) is 25.7 Å². The van der Waals surface area contributed by atoms with Crippen LogP contribution in [-0.2, 0) is 9.59 Å². The number of nitrogens with zero attached hydrogens (tertiary/aromatic N) is 4. The van der Waals surface area contributed by atoms with Gasteiger partial charge in [0.2, 0.25) is 11.8 Å². The molecule has 0 bridgehead atoms. The van der Waals surface area contributed by atoms with Gasteiger partial charge in [0.1, 0.15) is 11.7 Å². The monoisotopic (exact) mass is 380 g/mol. The van der Waals surface area contributed by atoms with Crippen molar-refractivity contribution in [2.45, 2.75) is 88.4 Å². The summed E-state index contributed by atoms with van der Waals surface area (Å²) in [6.45, 7) is 0. The molecule has 4 aliphatic heterocycles. The first-order valence-corrected chi connectivity index (χ1v) is 11.5. The van der Waals surface area contributed by atoms with E-state index in [0.29, 0.717) is 30.6 Å². The lowest BCUT2D eigenvalue weighted by atomic mass is 9.70. The Bertz CT molecular complexity index is 768. The highest BCUT2D eigenvalue weighted by molar-refractivity contribution is 6.13. The van der Waals surface area contributed by atoms with E-state index in [2.05, 4.69) is 9.80 Å². The third-order valence-corrected chi connectivity index (χ3v) is 8.90. The van der Waals surface area contributed by atoms with E-state index in [1.54, 1.807) is 0 Å².